The lowest BCUT2D eigenvalue weighted by molar-refractivity contribution is 0.269. The maximum absolute atomic E-state index is 6.51. The predicted octanol–water partition coefficient (Wildman–Crippen LogP) is 6.40. The number of nitrogens with one attached hydrogen (secondary N) is 1. The van der Waals surface area contributed by atoms with Gasteiger partial charge in [0.2, 0.25) is 0 Å². The molecule has 0 aliphatic rings. The lowest BCUT2D eigenvalue weighted by Crippen LogP contribution is -2.12. The van der Waals surface area contributed by atoms with Crippen molar-refractivity contribution in [3.05, 3.63) is 80.5 Å². The van der Waals surface area contributed by atoms with Crippen LogP contribution in [0.2, 0.25) is 5.02 Å². The van der Waals surface area contributed by atoms with Crippen LogP contribution in [-0.2, 0) is 19.7 Å². The molecule has 1 heterocycles. The molecular weight excluding hydrogens is 413 g/mol. The van der Waals surface area contributed by atoms with E-state index in [1.807, 2.05) is 19.1 Å². The molecule has 0 radical (unpaired) electrons. The molecule has 0 aliphatic heterocycles. The number of halogens is 2. The van der Waals surface area contributed by atoms with Gasteiger partial charge >= 0.3 is 0 Å². The van der Waals surface area contributed by atoms with Crippen LogP contribution in [0.1, 0.15) is 28.5 Å². The predicted molar refractivity (Wildman–Crippen MR) is 120 cm³/mol. The molecule has 0 saturated heterocycles. The monoisotopic (exact) mass is 437 g/mol. The zero-order valence-electron chi connectivity index (χ0n) is 16.0. The van der Waals surface area contributed by atoms with Gasteiger partial charge in [-0.15, -0.1) is 23.7 Å². The topological polar surface area (TPSA) is 30.5 Å². The van der Waals surface area contributed by atoms with E-state index >= 15 is 0 Å². The molecule has 0 fully saturated rings. The number of rotatable bonds is 9. The Morgan fingerprint density at radius 1 is 1.00 bits per heavy atom. The van der Waals surface area contributed by atoms with Crippen LogP contribution in [0.25, 0.3) is 0 Å². The molecule has 6 heteroatoms. The van der Waals surface area contributed by atoms with Crippen LogP contribution in [0.3, 0.4) is 0 Å². The second-order valence-electron chi connectivity index (χ2n) is 6.30. The second kappa shape index (κ2) is 11.3. The summed E-state index contributed by atoms with van der Waals surface area (Å²) in [6.45, 7) is 6.60. The highest BCUT2D eigenvalue weighted by molar-refractivity contribution is 7.09. The molecule has 1 N–H and O–H groups in total. The molecule has 3 aromatic rings. The van der Waals surface area contributed by atoms with Gasteiger partial charge in [-0.1, -0.05) is 47.5 Å². The van der Waals surface area contributed by atoms with E-state index in [4.69, 9.17) is 21.1 Å². The first-order valence-electron chi connectivity index (χ1n) is 9.02. The molecule has 1 aromatic heterocycles. The van der Waals surface area contributed by atoms with Crippen molar-refractivity contribution >= 4 is 35.3 Å². The van der Waals surface area contributed by atoms with Crippen LogP contribution in [0.15, 0.2) is 53.9 Å². The summed E-state index contributed by atoms with van der Waals surface area (Å²) in [4.78, 5) is 1.31. The summed E-state index contributed by atoms with van der Waals surface area (Å²) in [6.07, 6.45) is 0. The smallest absolute Gasteiger partial charge is 0.180 e. The Morgan fingerprint density at radius 3 is 2.46 bits per heavy atom. The number of hydrogen-bond acceptors (Lipinski definition) is 4. The van der Waals surface area contributed by atoms with Gasteiger partial charge in [-0.05, 0) is 48.6 Å². The van der Waals surface area contributed by atoms with Crippen molar-refractivity contribution in [3.63, 3.8) is 0 Å². The maximum atomic E-state index is 6.51. The first kappa shape index (κ1) is 22.6. The van der Waals surface area contributed by atoms with Crippen LogP contribution < -0.4 is 14.8 Å². The molecule has 28 heavy (non-hydrogen) atoms. The van der Waals surface area contributed by atoms with Gasteiger partial charge in [0, 0.05) is 18.0 Å². The van der Waals surface area contributed by atoms with E-state index in [-0.39, 0.29) is 12.4 Å². The third-order valence-electron chi connectivity index (χ3n) is 4.08. The highest BCUT2D eigenvalue weighted by Gasteiger charge is 2.13. The molecule has 2 aromatic carbocycles. The summed E-state index contributed by atoms with van der Waals surface area (Å²) in [7, 11) is 0. The number of benzene rings is 2. The molecule has 0 bridgehead atoms. The van der Waals surface area contributed by atoms with Crippen LogP contribution in [0.4, 0.5) is 0 Å². The van der Waals surface area contributed by atoms with Crippen molar-refractivity contribution in [2.75, 3.05) is 6.61 Å². The summed E-state index contributed by atoms with van der Waals surface area (Å²) in [5.74, 6) is 1.28. The largest absolute Gasteiger partial charge is 0.490 e. The van der Waals surface area contributed by atoms with Crippen LogP contribution >= 0.6 is 35.3 Å². The number of thiophene rings is 1. The van der Waals surface area contributed by atoms with Crippen molar-refractivity contribution in [2.24, 2.45) is 0 Å². The van der Waals surface area contributed by atoms with E-state index in [9.17, 15) is 0 Å². The normalized spacial score (nSPS) is 10.4. The quantitative estimate of drug-likeness (QED) is 0.419. The second-order valence-corrected chi connectivity index (χ2v) is 7.73. The van der Waals surface area contributed by atoms with Gasteiger partial charge in [-0.3, -0.25) is 0 Å². The average molecular weight is 438 g/mol. The highest BCUT2D eigenvalue weighted by Crippen LogP contribution is 2.37. The molecule has 150 valence electrons. The van der Waals surface area contributed by atoms with Crippen molar-refractivity contribution in [3.8, 4) is 11.5 Å². The molecule has 0 atom stereocenters. The number of hydrogen-bond donors (Lipinski definition) is 1. The van der Waals surface area contributed by atoms with Crippen molar-refractivity contribution in [1.82, 2.24) is 5.32 Å². The fraction of sp³-hybridized carbons (Fsp3) is 0.273. The molecule has 3 nitrogen and oxygen atoms in total. The first-order chi connectivity index (χ1) is 13.2. The summed E-state index contributed by atoms with van der Waals surface area (Å²) < 4.78 is 11.8. The van der Waals surface area contributed by atoms with Gasteiger partial charge in [0.05, 0.1) is 11.6 Å². The Morgan fingerprint density at radius 2 is 1.79 bits per heavy atom. The number of ether oxygens (including phenoxy) is 2. The number of aryl methyl sites for hydroxylation is 1. The Labute approximate surface area is 182 Å². The maximum Gasteiger partial charge on any atom is 0.180 e. The SMILES string of the molecule is CCOc1cc(CNCc2cccs2)cc(Cl)c1OCc1ccc(C)cc1.Cl. The molecule has 0 aliphatic carbocycles. The van der Waals surface area contributed by atoms with Gasteiger partial charge in [0.25, 0.3) is 0 Å². The van der Waals surface area contributed by atoms with E-state index in [0.29, 0.717) is 29.7 Å². The highest BCUT2D eigenvalue weighted by atomic mass is 35.5. The van der Waals surface area contributed by atoms with Crippen LogP contribution in [0, 0.1) is 6.92 Å². The summed E-state index contributed by atoms with van der Waals surface area (Å²) in [5.41, 5.74) is 3.40. The minimum atomic E-state index is 0. The molecule has 0 saturated carbocycles. The van der Waals surface area contributed by atoms with Crippen molar-refractivity contribution in [1.29, 1.82) is 0 Å². The molecule has 3 rings (SSSR count). The van der Waals surface area contributed by atoms with Gasteiger partial charge in [0.15, 0.2) is 11.5 Å². The van der Waals surface area contributed by atoms with E-state index in [0.717, 1.165) is 24.2 Å². The summed E-state index contributed by atoms with van der Waals surface area (Å²) in [5, 5.41) is 6.09. The Bertz CT molecular complexity index is 852. The molecule has 0 spiro atoms. The van der Waals surface area contributed by atoms with Gasteiger partial charge in [-0.25, -0.2) is 0 Å². The Balaban J connectivity index is 0.00000280. The van der Waals surface area contributed by atoms with Crippen molar-refractivity contribution in [2.45, 2.75) is 33.5 Å². The lowest BCUT2D eigenvalue weighted by atomic mass is 10.1. The van der Waals surface area contributed by atoms with Crippen LogP contribution in [0.5, 0.6) is 11.5 Å². The summed E-state index contributed by atoms with van der Waals surface area (Å²) in [6, 6.07) is 16.4. The van der Waals surface area contributed by atoms with Gasteiger partial charge in [0.1, 0.15) is 6.61 Å². The molecule has 0 unspecified atom stereocenters. The zero-order valence-corrected chi connectivity index (χ0v) is 18.4. The van der Waals surface area contributed by atoms with E-state index in [1.54, 1.807) is 11.3 Å². The third-order valence-corrected chi connectivity index (χ3v) is 5.24. The minimum Gasteiger partial charge on any atom is -0.490 e. The van der Waals surface area contributed by atoms with Crippen LogP contribution in [-0.4, -0.2) is 6.61 Å². The third kappa shape index (κ3) is 6.42. The Kier molecular flexibility index (Phi) is 9.13. The average Bonchev–Trinajstić information content (AvgIpc) is 3.16. The molecule has 0 amide bonds. The van der Waals surface area contributed by atoms with Crippen molar-refractivity contribution < 1.29 is 9.47 Å². The van der Waals surface area contributed by atoms with Gasteiger partial charge < -0.3 is 14.8 Å². The minimum absolute atomic E-state index is 0. The summed E-state index contributed by atoms with van der Waals surface area (Å²) >= 11 is 8.26. The van der Waals surface area contributed by atoms with E-state index in [1.165, 1.54) is 10.4 Å². The van der Waals surface area contributed by atoms with Gasteiger partial charge in [-0.2, -0.15) is 0 Å². The zero-order chi connectivity index (χ0) is 19.1. The van der Waals surface area contributed by atoms with E-state index < -0.39 is 0 Å². The van der Waals surface area contributed by atoms with E-state index in [2.05, 4.69) is 54.0 Å². The fourth-order valence-electron chi connectivity index (χ4n) is 2.71. The molecular formula is C22H25Cl2NO2S. The Hall–Kier alpha value is -1.72. The lowest BCUT2D eigenvalue weighted by Gasteiger charge is -2.16. The fourth-order valence-corrected chi connectivity index (χ4v) is 3.67. The first-order valence-corrected chi connectivity index (χ1v) is 10.3. The standard InChI is InChI=1S/C22H24ClNO2S.ClH/c1-3-25-21-12-18(13-24-14-19-5-4-10-27-19)11-20(23)22(21)26-15-17-8-6-16(2)7-9-17;/h4-12,24H,3,13-15H2,1-2H3;1H.